The fraction of sp³-hybridized carbons (Fsp3) is 1.00. The van der Waals surface area contributed by atoms with Crippen molar-refractivity contribution in [3.63, 3.8) is 0 Å². The SMILES string of the molecule is CCC(CC)[C@H]1CCCC2CCC[C@H](C(CC)C(C)C)C(O)C2C1O. The van der Waals surface area contributed by atoms with Gasteiger partial charge in [0.2, 0.25) is 0 Å². The number of rotatable bonds is 6. The number of fused-ring (bicyclic) bond motifs is 1. The van der Waals surface area contributed by atoms with Crippen LogP contribution >= 0.6 is 0 Å². The van der Waals surface area contributed by atoms with Gasteiger partial charge in [0.05, 0.1) is 12.2 Å². The lowest BCUT2D eigenvalue weighted by Gasteiger charge is -2.41. The zero-order valence-electron chi connectivity index (χ0n) is 17.5. The molecule has 7 atom stereocenters. The molecule has 0 heterocycles. The maximum atomic E-state index is 11.5. The van der Waals surface area contributed by atoms with Crippen molar-refractivity contribution in [1.82, 2.24) is 0 Å². The van der Waals surface area contributed by atoms with Crippen molar-refractivity contribution in [3.05, 3.63) is 0 Å². The highest BCUT2D eigenvalue weighted by Gasteiger charge is 2.46. The van der Waals surface area contributed by atoms with Crippen LogP contribution in [0.15, 0.2) is 0 Å². The van der Waals surface area contributed by atoms with E-state index in [0.29, 0.717) is 35.5 Å². The summed E-state index contributed by atoms with van der Waals surface area (Å²) >= 11 is 0. The molecule has 0 saturated heterocycles. The van der Waals surface area contributed by atoms with E-state index in [-0.39, 0.29) is 18.1 Å². The molecule has 148 valence electrons. The zero-order valence-corrected chi connectivity index (χ0v) is 17.5. The van der Waals surface area contributed by atoms with Gasteiger partial charge in [-0.25, -0.2) is 0 Å². The molecule has 0 aromatic carbocycles. The summed E-state index contributed by atoms with van der Waals surface area (Å²) < 4.78 is 0. The fourth-order valence-electron chi connectivity index (χ4n) is 6.58. The Morgan fingerprint density at radius 3 is 1.76 bits per heavy atom. The van der Waals surface area contributed by atoms with Gasteiger partial charge < -0.3 is 10.2 Å². The van der Waals surface area contributed by atoms with Crippen LogP contribution in [0.4, 0.5) is 0 Å². The van der Waals surface area contributed by atoms with Crippen LogP contribution in [0.2, 0.25) is 0 Å². The molecular weight excluding hydrogens is 308 g/mol. The lowest BCUT2D eigenvalue weighted by atomic mass is 9.69. The molecule has 2 rings (SSSR count). The highest BCUT2D eigenvalue weighted by molar-refractivity contribution is 4.96. The van der Waals surface area contributed by atoms with Gasteiger partial charge in [0.1, 0.15) is 0 Å². The van der Waals surface area contributed by atoms with Crippen molar-refractivity contribution < 1.29 is 10.2 Å². The Morgan fingerprint density at radius 1 is 0.760 bits per heavy atom. The highest BCUT2D eigenvalue weighted by atomic mass is 16.3. The number of aliphatic hydroxyl groups excluding tert-OH is 2. The van der Waals surface area contributed by atoms with Gasteiger partial charge in [-0.2, -0.15) is 0 Å². The second-order valence-electron chi connectivity index (χ2n) is 9.40. The van der Waals surface area contributed by atoms with Crippen molar-refractivity contribution in [2.24, 2.45) is 41.4 Å². The molecule has 0 aromatic heterocycles. The van der Waals surface area contributed by atoms with Crippen LogP contribution in [0.25, 0.3) is 0 Å². The van der Waals surface area contributed by atoms with Gasteiger partial charge in [-0.3, -0.25) is 0 Å². The molecule has 2 aliphatic rings. The summed E-state index contributed by atoms with van der Waals surface area (Å²) in [6.07, 6.45) is 10.0. The van der Waals surface area contributed by atoms with Crippen LogP contribution in [0.3, 0.4) is 0 Å². The van der Waals surface area contributed by atoms with E-state index in [1.807, 2.05) is 0 Å². The van der Waals surface area contributed by atoms with Crippen LogP contribution in [0.1, 0.15) is 92.4 Å². The Bertz CT molecular complexity index is 376. The first-order chi connectivity index (χ1) is 12.0. The third kappa shape index (κ3) is 4.61. The summed E-state index contributed by atoms with van der Waals surface area (Å²) in [5.41, 5.74) is 0. The van der Waals surface area contributed by atoms with E-state index < -0.39 is 0 Å². The van der Waals surface area contributed by atoms with Crippen LogP contribution in [0.5, 0.6) is 0 Å². The molecule has 0 aromatic rings. The van der Waals surface area contributed by atoms with Crippen LogP contribution in [0, 0.1) is 41.4 Å². The molecule has 0 aliphatic heterocycles. The van der Waals surface area contributed by atoms with E-state index >= 15 is 0 Å². The molecule has 2 saturated carbocycles. The predicted octanol–water partition coefficient (Wildman–Crippen LogP) is 5.66. The molecule has 25 heavy (non-hydrogen) atoms. The monoisotopic (exact) mass is 352 g/mol. The molecule has 5 unspecified atom stereocenters. The third-order valence-corrected chi connectivity index (χ3v) is 7.97. The van der Waals surface area contributed by atoms with Gasteiger partial charge in [0, 0.05) is 5.92 Å². The number of aliphatic hydroxyl groups is 2. The molecule has 0 radical (unpaired) electrons. The molecular formula is C23H44O2. The Hall–Kier alpha value is -0.0800. The topological polar surface area (TPSA) is 40.5 Å². The lowest BCUT2D eigenvalue weighted by molar-refractivity contribution is -0.0802. The quantitative estimate of drug-likeness (QED) is 0.647. The standard InChI is InChI=1S/C23H44O2/c1-6-16(7-2)19-13-9-11-17-12-10-14-20(18(8-3)15(4)5)23(25)21(17)22(19)24/h15-25H,6-14H2,1-5H3/t17?,18?,19-,20-,21?,22?,23?/m1/s1. The summed E-state index contributed by atoms with van der Waals surface area (Å²) in [5.74, 6) is 3.18. The number of hydrogen-bond donors (Lipinski definition) is 2. The maximum absolute atomic E-state index is 11.5. The van der Waals surface area contributed by atoms with Gasteiger partial charge in [0.15, 0.2) is 0 Å². The van der Waals surface area contributed by atoms with Crippen molar-refractivity contribution in [3.8, 4) is 0 Å². The van der Waals surface area contributed by atoms with Gasteiger partial charge >= 0.3 is 0 Å². The van der Waals surface area contributed by atoms with E-state index in [1.165, 1.54) is 25.7 Å². The minimum atomic E-state index is -0.315. The van der Waals surface area contributed by atoms with Gasteiger partial charge in [-0.1, -0.05) is 66.7 Å². The van der Waals surface area contributed by atoms with Crippen molar-refractivity contribution >= 4 is 0 Å². The van der Waals surface area contributed by atoms with E-state index in [4.69, 9.17) is 0 Å². The van der Waals surface area contributed by atoms with E-state index in [1.54, 1.807) is 0 Å². The Morgan fingerprint density at radius 2 is 1.28 bits per heavy atom. The van der Waals surface area contributed by atoms with Crippen molar-refractivity contribution in [2.45, 2.75) is 105 Å². The average molecular weight is 353 g/mol. The minimum Gasteiger partial charge on any atom is -0.392 e. The molecule has 2 aliphatic carbocycles. The predicted molar refractivity (Wildman–Crippen MR) is 106 cm³/mol. The molecule has 2 nitrogen and oxygen atoms in total. The Balaban J connectivity index is 2.28. The largest absolute Gasteiger partial charge is 0.392 e. The molecule has 2 fully saturated rings. The van der Waals surface area contributed by atoms with E-state index in [9.17, 15) is 10.2 Å². The lowest BCUT2D eigenvalue weighted by Crippen LogP contribution is -2.46. The highest BCUT2D eigenvalue weighted by Crippen LogP contribution is 2.47. The first kappa shape index (κ1) is 21.2. The summed E-state index contributed by atoms with van der Waals surface area (Å²) in [4.78, 5) is 0. The number of hydrogen-bond acceptors (Lipinski definition) is 2. The summed E-state index contributed by atoms with van der Waals surface area (Å²) in [5, 5.41) is 22.9. The van der Waals surface area contributed by atoms with E-state index in [2.05, 4.69) is 34.6 Å². The van der Waals surface area contributed by atoms with Gasteiger partial charge in [-0.05, 0) is 61.2 Å². The van der Waals surface area contributed by atoms with Crippen LogP contribution in [-0.4, -0.2) is 22.4 Å². The summed E-state index contributed by atoms with van der Waals surface area (Å²) in [6.45, 7) is 11.4. The van der Waals surface area contributed by atoms with Crippen molar-refractivity contribution in [2.75, 3.05) is 0 Å². The van der Waals surface area contributed by atoms with Gasteiger partial charge in [0.25, 0.3) is 0 Å². The first-order valence-corrected chi connectivity index (χ1v) is 11.3. The average Bonchev–Trinajstić information content (AvgIpc) is 2.83. The normalized spacial score (nSPS) is 38.3. The summed E-state index contributed by atoms with van der Waals surface area (Å²) in [7, 11) is 0. The molecule has 2 heteroatoms. The smallest absolute Gasteiger partial charge is 0.0626 e. The molecule has 0 amide bonds. The third-order valence-electron chi connectivity index (χ3n) is 7.97. The molecule has 0 spiro atoms. The van der Waals surface area contributed by atoms with E-state index in [0.717, 1.165) is 32.1 Å². The maximum Gasteiger partial charge on any atom is 0.0626 e. The van der Waals surface area contributed by atoms with Crippen LogP contribution in [-0.2, 0) is 0 Å². The minimum absolute atomic E-state index is 0.105. The Kier molecular flexibility index (Phi) is 8.27. The summed E-state index contributed by atoms with van der Waals surface area (Å²) in [6, 6.07) is 0. The second-order valence-corrected chi connectivity index (χ2v) is 9.40. The first-order valence-electron chi connectivity index (χ1n) is 11.3. The molecule has 2 N–H and O–H groups in total. The Labute approximate surface area is 156 Å². The molecule has 0 bridgehead atoms. The van der Waals surface area contributed by atoms with Crippen molar-refractivity contribution in [1.29, 1.82) is 0 Å². The van der Waals surface area contributed by atoms with Gasteiger partial charge in [-0.15, -0.1) is 0 Å². The second kappa shape index (κ2) is 9.74. The fourth-order valence-corrected chi connectivity index (χ4v) is 6.58. The van der Waals surface area contributed by atoms with Crippen LogP contribution < -0.4 is 0 Å². The zero-order chi connectivity index (χ0) is 18.6.